The minimum Gasteiger partial charge on any atom is -0.497 e. The molecule has 0 amide bonds. The highest BCUT2D eigenvalue weighted by molar-refractivity contribution is 5.79. The van der Waals surface area contributed by atoms with E-state index in [0.29, 0.717) is 19.2 Å². The molecule has 0 fully saturated rings. The Morgan fingerprint density at radius 2 is 1.81 bits per heavy atom. The first-order valence-corrected chi connectivity index (χ1v) is 9.59. The van der Waals surface area contributed by atoms with E-state index in [9.17, 15) is 0 Å². The van der Waals surface area contributed by atoms with Crippen molar-refractivity contribution in [2.24, 2.45) is 4.99 Å². The molecular weight excluding hydrogens is 328 g/mol. The van der Waals surface area contributed by atoms with Gasteiger partial charge in [0.2, 0.25) is 0 Å². The Kier molecular flexibility index (Phi) is 11.3. The van der Waals surface area contributed by atoms with Crippen molar-refractivity contribution in [3.8, 4) is 11.5 Å². The summed E-state index contributed by atoms with van der Waals surface area (Å²) in [5.41, 5.74) is 0. The van der Waals surface area contributed by atoms with E-state index in [2.05, 4.69) is 41.3 Å². The second-order valence-electron chi connectivity index (χ2n) is 6.24. The van der Waals surface area contributed by atoms with E-state index < -0.39 is 0 Å². The zero-order valence-electron chi connectivity index (χ0n) is 17.0. The van der Waals surface area contributed by atoms with Gasteiger partial charge in [-0.2, -0.15) is 0 Å². The minimum atomic E-state index is 0.388. The molecule has 2 N–H and O–H groups in total. The fourth-order valence-electron chi connectivity index (χ4n) is 2.67. The zero-order valence-corrected chi connectivity index (χ0v) is 17.0. The van der Waals surface area contributed by atoms with Crippen molar-refractivity contribution < 1.29 is 9.47 Å². The Balaban J connectivity index is 2.21. The van der Waals surface area contributed by atoms with Crippen LogP contribution in [0.1, 0.15) is 33.6 Å². The summed E-state index contributed by atoms with van der Waals surface area (Å²) in [6, 6.07) is 7.99. The second-order valence-corrected chi connectivity index (χ2v) is 6.24. The summed E-state index contributed by atoms with van der Waals surface area (Å²) >= 11 is 0. The average molecular weight is 365 g/mol. The summed E-state index contributed by atoms with van der Waals surface area (Å²) < 4.78 is 10.9. The van der Waals surface area contributed by atoms with E-state index in [-0.39, 0.29) is 0 Å². The Morgan fingerprint density at radius 3 is 2.38 bits per heavy atom. The number of rotatable bonds is 12. The van der Waals surface area contributed by atoms with Crippen LogP contribution in [0.3, 0.4) is 0 Å². The SMILES string of the molecule is CCN(CC)CCCC(C)NC(=NC)NCCOc1ccc(OC)cc1. The highest BCUT2D eigenvalue weighted by Crippen LogP contribution is 2.16. The third-order valence-corrected chi connectivity index (χ3v) is 4.34. The van der Waals surface area contributed by atoms with Crippen LogP contribution in [-0.4, -0.2) is 63.8 Å². The van der Waals surface area contributed by atoms with Gasteiger partial charge in [0.25, 0.3) is 0 Å². The van der Waals surface area contributed by atoms with Gasteiger partial charge in [-0.15, -0.1) is 0 Å². The summed E-state index contributed by atoms with van der Waals surface area (Å²) in [6.07, 6.45) is 2.31. The monoisotopic (exact) mass is 364 g/mol. The first-order chi connectivity index (χ1) is 12.6. The lowest BCUT2D eigenvalue weighted by Gasteiger charge is -2.21. The van der Waals surface area contributed by atoms with Crippen LogP contribution in [0.15, 0.2) is 29.3 Å². The maximum atomic E-state index is 5.71. The van der Waals surface area contributed by atoms with Crippen molar-refractivity contribution in [3.05, 3.63) is 24.3 Å². The molecule has 0 spiro atoms. The third kappa shape index (κ3) is 8.94. The van der Waals surface area contributed by atoms with Crippen LogP contribution in [0.25, 0.3) is 0 Å². The fraction of sp³-hybridized carbons (Fsp3) is 0.650. The predicted molar refractivity (Wildman–Crippen MR) is 109 cm³/mol. The number of ether oxygens (including phenoxy) is 2. The first kappa shape index (κ1) is 22.1. The van der Waals surface area contributed by atoms with Gasteiger partial charge < -0.3 is 25.0 Å². The molecule has 0 aliphatic heterocycles. The van der Waals surface area contributed by atoms with Gasteiger partial charge in [0, 0.05) is 13.1 Å². The predicted octanol–water partition coefficient (Wildman–Crippen LogP) is 2.75. The van der Waals surface area contributed by atoms with Crippen LogP contribution < -0.4 is 20.1 Å². The Labute approximate surface area is 159 Å². The third-order valence-electron chi connectivity index (χ3n) is 4.34. The van der Waals surface area contributed by atoms with Gasteiger partial charge in [0.05, 0.1) is 13.7 Å². The van der Waals surface area contributed by atoms with Crippen molar-refractivity contribution >= 4 is 5.96 Å². The molecule has 0 bridgehead atoms. The van der Waals surface area contributed by atoms with Crippen LogP contribution in [0.5, 0.6) is 11.5 Å². The molecule has 0 radical (unpaired) electrons. The lowest BCUT2D eigenvalue weighted by atomic mass is 10.2. The molecule has 1 atom stereocenters. The van der Waals surface area contributed by atoms with Gasteiger partial charge in [0.1, 0.15) is 18.1 Å². The van der Waals surface area contributed by atoms with Crippen LogP contribution in [0.2, 0.25) is 0 Å². The fourth-order valence-corrected chi connectivity index (χ4v) is 2.67. The Morgan fingerprint density at radius 1 is 1.15 bits per heavy atom. The zero-order chi connectivity index (χ0) is 19.2. The molecule has 1 aromatic carbocycles. The molecule has 26 heavy (non-hydrogen) atoms. The van der Waals surface area contributed by atoms with E-state index >= 15 is 0 Å². The van der Waals surface area contributed by atoms with Gasteiger partial charge in [-0.05, 0) is 63.7 Å². The van der Waals surface area contributed by atoms with Gasteiger partial charge in [-0.3, -0.25) is 4.99 Å². The molecule has 1 aromatic rings. The van der Waals surface area contributed by atoms with Gasteiger partial charge >= 0.3 is 0 Å². The average Bonchev–Trinajstić information content (AvgIpc) is 2.68. The molecule has 6 nitrogen and oxygen atoms in total. The molecule has 1 rings (SSSR count). The van der Waals surface area contributed by atoms with Crippen LogP contribution in [0, 0.1) is 0 Å². The summed E-state index contributed by atoms with van der Waals surface area (Å²) in [5, 5.41) is 6.73. The lowest BCUT2D eigenvalue weighted by molar-refractivity contribution is 0.292. The molecule has 1 unspecified atom stereocenters. The largest absolute Gasteiger partial charge is 0.497 e. The first-order valence-electron chi connectivity index (χ1n) is 9.59. The van der Waals surface area contributed by atoms with Crippen LogP contribution in [-0.2, 0) is 0 Å². The number of nitrogens with one attached hydrogen (secondary N) is 2. The normalized spacial score (nSPS) is 12.8. The quantitative estimate of drug-likeness (QED) is 0.339. The molecule has 0 heterocycles. The maximum absolute atomic E-state index is 5.71. The van der Waals surface area contributed by atoms with Crippen molar-refractivity contribution in [2.45, 2.75) is 39.7 Å². The van der Waals surface area contributed by atoms with E-state index in [1.807, 2.05) is 24.3 Å². The minimum absolute atomic E-state index is 0.388. The van der Waals surface area contributed by atoms with Gasteiger partial charge in [-0.25, -0.2) is 0 Å². The molecule has 0 aliphatic carbocycles. The molecule has 0 aliphatic rings. The highest BCUT2D eigenvalue weighted by atomic mass is 16.5. The van der Waals surface area contributed by atoms with Gasteiger partial charge in [0.15, 0.2) is 5.96 Å². The number of hydrogen-bond acceptors (Lipinski definition) is 4. The van der Waals surface area contributed by atoms with Crippen LogP contribution in [0.4, 0.5) is 0 Å². The number of hydrogen-bond donors (Lipinski definition) is 2. The van der Waals surface area contributed by atoms with Crippen molar-refractivity contribution in [3.63, 3.8) is 0 Å². The second kappa shape index (κ2) is 13.3. The topological polar surface area (TPSA) is 58.1 Å². The molecule has 148 valence electrons. The molecule has 0 saturated heterocycles. The number of nitrogens with zero attached hydrogens (tertiary/aromatic N) is 2. The Bertz CT molecular complexity index is 501. The van der Waals surface area contributed by atoms with Crippen LogP contribution >= 0.6 is 0 Å². The number of benzene rings is 1. The molecule has 0 aromatic heterocycles. The van der Waals surface area contributed by atoms with Crippen molar-refractivity contribution in [1.82, 2.24) is 15.5 Å². The lowest BCUT2D eigenvalue weighted by Crippen LogP contribution is -2.43. The highest BCUT2D eigenvalue weighted by Gasteiger charge is 2.06. The van der Waals surface area contributed by atoms with Crippen molar-refractivity contribution in [1.29, 1.82) is 0 Å². The van der Waals surface area contributed by atoms with E-state index in [0.717, 1.165) is 43.5 Å². The van der Waals surface area contributed by atoms with E-state index in [1.54, 1.807) is 14.2 Å². The summed E-state index contributed by atoms with van der Waals surface area (Å²) in [6.45, 7) is 11.3. The smallest absolute Gasteiger partial charge is 0.191 e. The summed E-state index contributed by atoms with van der Waals surface area (Å²) in [4.78, 5) is 6.74. The number of guanidine groups is 1. The standard InChI is InChI=1S/C20H36N4O2/c1-6-24(7-2)15-8-9-17(3)23-20(21-4)22-14-16-26-19-12-10-18(25-5)11-13-19/h10-13,17H,6-9,14-16H2,1-5H3,(H2,21,22,23). The van der Waals surface area contributed by atoms with E-state index in [1.165, 1.54) is 6.42 Å². The maximum Gasteiger partial charge on any atom is 0.191 e. The van der Waals surface area contributed by atoms with Gasteiger partial charge in [-0.1, -0.05) is 13.8 Å². The van der Waals surface area contributed by atoms with Crippen molar-refractivity contribution in [2.75, 3.05) is 46.9 Å². The molecule has 0 saturated carbocycles. The summed E-state index contributed by atoms with van der Waals surface area (Å²) in [7, 11) is 3.45. The number of aliphatic imine (C=N–C) groups is 1. The Hall–Kier alpha value is -1.95. The molecule has 6 heteroatoms. The van der Waals surface area contributed by atoms with E-state index in [4.69, 9.17) is 9.47 Å². The summed E-state index contributed by atoms with van der Waals surface area (Å²) in [5.74, 6) is 2.48. The number of methoxy groups -OCH3 is 1. The molecular formula is C20H36N4O2.